The van der Waals surface area contributed by atoms with Gasteiger partial charge in [-0.1, -0.05) is 30.0 Å². The monoisotopic (exact) mass is 530 g/mol. The first-order valence-electron chi connectivity index (χ1n) is 12.2. The third-order valence-corrected chi connectivity index (χ3v) is 7.50. The van der Waals surface area contributed by atoms with Crippen molar-refractivity contribution in [3.8, 4) is 5.75 Å². The molecular weight excluding hydrogens is 503 g/mol. The summed E-state index contributed by atoms with van der Waals surface area (Å²) in [6, 6.07) is 19.8. The number of allylic oxidation sites excluding steroid dienone is 1. The maximum atomic E-state index is 13.6. The second-order valence-electron chi connectivity index (χ2n) is 8.96. The molecule has 194 valence electrons. The largest absolute Gasteiger partial charge is 0.497 e. The van der Waals surface area contributed by atoms with Crippen molar-refractivity contribution in [1.82, 2.24) is 4.90 Å². The van der Waals surface area contributed by atoms with E-state index in [4.69, 9.17) is 9.73 Å². The molecular formula is C29H27FN4O3S. The van der Waals surface area contributed by atoms with Gasteiger partial charge in [0, 0.05) is 29.2 Å². The average Bonchev–Trinajstić information content (AvgIpc) is 2.93. The highest BCUT2D eigenvalue weighted by molar-refractivity contribution is 8.13. The van der Waals surface area contributed by atoms with Crippen LogP contribution in [0.2, 0.25) is 0 Å². The van der Waals surface area contributed by atoms with E-state index in [0.29, 0.717) is 28.4 Å². The van der Waals surface area contributed by atoms with E-state index in [1.165, 1.54) is 18.2 Å². The molecule has 2 aliphatic rings. The number of nitrogens with zero attached hydrogens (tertiary/aromatic N) is 2. The zero-order valence-corrected chi connectivity index (χ0v) is 21.8. The zero-order valence-electron chi connectivity index (χ0n) is 21.0. The van der Waals surface area contributed by atoms with Crippen molar-refractivity contribution < 1.29 is 18.7 Å². The van der Waals surface area contributed by atoms with Crippen LogP contribution in [0.3, 0.4) is 0 Å². The normalized spacial score (nSPS) is 16.9. The number of fused-ring (bicyclic) bond motifs is 1. The maximum absolute atomic E-state index is 13.6. The van der Waals surface area contributed by atoms with E-state index in [0.717, 1.165) is 29.4 Å². The van der Waals surface area contributed by atoms with Crippen molar-refractivity contribution in [3.05, 3.63) is 101 Å². The third-order valence-electron chi connectivity index (χ3n) is 6.42. The summed E-state index contributed by atoms with van der Waals surface area (Å²) < 4.78 is 18.7. The number of nitrogens with one attached hydrogen (secondary N) is 2. The topological polar surface area (TPSA) is 83.0 Å². The van der Waals surface area contributed by atoms with Crippen molar-refractivity contribution >= 4 is 40.1 Å². The number of carbonyl (C=O) groups is 2. The smallest absolute Gasteiger partial charge is 0.255 e. The predicted molar refractivity (Wildman–Crippen MR) is 149 cm³/mol. The molecule has 3 aromatic rings. The lowest BCUT2D eigenvalue weighted by atomic mass is 9.93. The van der Waals surface area contributed by atoms with Crippen molar-refractivity contribution in [2.45, 2.75) is 19.4 Å². The fourth-order valence-electron chi connectivity index (χ4n) is 4.56. The predicted octanol–water partition coefficient (Wildman–Crippen LogP) is 5.85. The molecule has 0 aliphatic carbocycles. The molecule has 2 amide bonds. The van der Waals surface area contributed by atoms with E-state index in [-0.39, 0.29) is 17.5 Å². The van der Waals surface area contributed by atoms with E-state index in [1.54, 1.807) is 61.3 Å². The van der Waals surface area contributed by atoms with Crippen LogP contribution in [0.25, 0.3) is 0 Å². The van der Waals surface area contributed by atoms with Crippen LogP contribution in [0.1, 0.15) is 35.3 Å². The summed E-state index contributed by atoms with van der Waals surface area (Å²) in [6.07, 6.45) is 0.981. The van der Waals surface area contributed by atoms with Crippen molar-refractivity contribution in [1.29, 1.82) is 0 Å². The molecule has 5 rings (SSSR count). The van der Waals surface area contributed by atoms with Crippen molar-refractivity contribution in [2.75, 3.05) is 30.0 Å². The van der Waals surface area contributed by atoms with Crippen molar-refractivity contribution in [3.63, 3.8) is 0 Å². The molecule has 2 N–H and O–H groups in total. The number of amidine groups is 1. The molecule has 0 radical (unpaired) electrons. The molecule has 1 unspecified atom stereocenters. The first-order valence-corrected chi connectivity index (χ1v) is 13.2. The highest BCUT2D eigenvalue weighted by Crippen LogP contribution is 2.40. The zero-order chi connectivity index (χ0) is 26.6. The standard InChI is InChI=1S/C29H27FN4O3S/c1-18-25(28(36)33-23-11-13-24(37-2)14-12-23)26(34-15-4-16-38-29(34)31-18)19-7-9-22(10-8-19)32-27(35)20-5-3-6-21(30)17-20/h3,5-14,17,26H,4,15-16H2,1-2H3,(H,32,35)(H,33,36). The fraction of sp³-hybridized carbons (Fsp3) is 0.207. The minimum absolute atomic E-state index is 0.223. The van der Waals surface area contributed by atoms with Gasteiger partial charge in [-0.25, -0.2) is 9.38 Å². The van der Waals surface area contributed by atoms with Crippen LogP contribution >= 0.6 is 11.8 Å². The Morgan fingerprint density at radius 3 is 2.37 bits per heavy atom. The summed E-state index contributed by atoms with van der Waals surface area (Å²) >= 11 is 1.69. The number of halogens is 1. The molecule has 1 atom stereocenters. The van der Waals surface area contributed by atoms with Crippen LogP contribution in [0, 0.1) is 5.82 Å². The van der Waals surface area contributed by atoms with Gasteiger partial charge in [0.05, 0.1) is 24.4 Å². The molecule has 3 aromatic carbocycles. The molecule has 38 heavy (non-hydrogen) atoms. The second-order valence-corrected chi connectivity index (χ2v) is 10.0. The quantitative estimate of drug-likeness (QED) is 0.418. The number of anilines is 2. The van der Waals surface area contributed by atoms with Crippen LogP contribution in [-0.4, -0.2) is 41.3 Å². The van der Waals surface area contributed by atoms with Gasteiger partial charge in [0.2, 0.25) is 0 Å². The van der Waals surface area contributed by atoms with Gasteiger partial charge < -0.3 is 20.3 Å². The Hall–Kier alpha value is -4.11. The van der Waals surface area contributed by atoms with Gasteiger partial charge in [-0.3, -0.25) is 9.59 Å². The molecule has 2 heterocycles. The lowest BCUT2D eigenvalue weighted by Gasteiger charge is -2.41. The summed E-state index contributed by atoms with van der Waals surface area (Å²) in [4.78, 5) is 33.1. The number of rotatable bonds is 6. The molecule has 1 saturated heterocycles. The molecule has 2 aliphatic heterocycles. The van der Waals surface area contributed by atoms with Crippen LogP contribution < -0.4 is 15.4 Å². The maximum Gasteiger partial charge on any atom is 0.255 e. The Morgan fingerprint density at radius 2 is 1.68 bits per heavy atom. The molecule has 0 aromatic heterocycles. The minimum Gasteiger partial charge on any atom is -0.497 e. The average molecular weight is 531 g/mol. The molecule has 1 fully saturated rings. The summed E-state index contributed by atoms with van der Waals surface area (Å²) in [5.74, 6) is 0.600. The molecule has 0 bridgehead atoms. The summed E-state index contributed by atoms with van der Waals surface area (Å²) in [7, 11) is 1.60. The summed E-state index contributed by atoms with van der Waals surface area (Å²) in [6.45, 7) is 2.64. The van der Waals surface area contributed by atoms with Gasteiger partial charge in [-0.05, 0) is 73.5 Å². The Balaban J connectivity index is 1.42. The van der Waals surface area contributed by atoms with Crippen LogP contribution in [0.4, 0.5) is 15.8 Å². The SMILES string of the molecule is COc1ccc(NC(=O)C2=C(C)N=C3SCCCN3C2c2ccc(NC(=O)c3cccc(F)c3)cc2)cc1. The Morgan fingerprint density at radius 1 is 1.00 bits per heavy atom. The van der Waals surface area contributed by atoms with E-state index in [9.17, 15) is 14.0 Å². The minimum atomic E-state index is -0.468. The lowest BCUT2D eigenvalue weighted by Crippen LogP contribution is -2.43. The molecule has 0 saturated carbocycles. The van der Waals surface area contributed by atoms with Crippen LogP contribution in [-0.2, 0) is 4.79 Å². The van der Waals surface area contributed by atoms with Crippen LogP contribution in [0.15, 0.2) is 89.1 Å². The van der Waals surface area contributed by atoms with Gasteiger partial charge in [0.25, 0.3) is 11.8 Å². The Kier molecular flexibility index (Phi) is 7.46. The van der Waals surface area contributed by atoms with Gasteiger partial charge in [-0.2, -0.15) is 0 Å². The van der Waals surface area contributed by atoms with Crippen LogP contribution in [0.5, 0.6) is 5.75 Å². The number of benzene rings is 3. The Labute approximate surface area is 224 Å². The van der Waals surface area contributed by atoms with E-state index < -0.39 is 11.7 Å². The molecule has 0 spiro atoms. The highest BCUT2D eigenvalue weighted by atomic mass is 32.2. The number of hydrogen-bond acceptors (Lipinski definition) is 6. The number of methoxy groups -OCH3 is 1. The second kappa shape index (κ2) is 11.1. The van der Waals surface area contributed by atoms with E-state index in [1.807, 2.05) is 19.1 Å². The highest BCUT2D eigenvalue weighted by Gasteiger charge is 2.37. The first-order chi connectivity index (χ1) is 18.4. The molecule has 9 heteroatoms. The first kappa shape index (κ1) is 25.5. The lowest BCUT2D eigenvalue weighted by molar-refractivity contribution is -0.113. The number of aliphatic imine (C=N–C) groups is 1. The van der Waals surface area contributed by atoms with Gasteiger partial charge in [-0.15, -0.1) is 0 Å². The summed E-state index contributed by atoms with van der Waals surface area (Å²) in [5, 5.41) is 6.72. The summed E-state index contributed by atoms with van der Waals surface area (Å²) in [5.41, 5.74) is 3.62. The number of thioether (sulfide) groups is 1. The van der Waals surface area contributed by atoms with Gasteiger partial charge >= 0.3 is 0 Å². The molecule has 7 nitrogen and oxygen atoms in total. The van der Waals surface area contributed by atoms with Gasteiger partial charge in [0.1, 0.15) is 11.6 Å². The third kappa shape index (κ3) is 5.43. The van der Waals surface area contributed by atoms with Gasteiger partial charge in [0.15, 0.2) is 5.17 Å². The fourth-order valence-corrected chi connectivity index (χ4v) is 5.58. The number of amides is 2. The number of hydrogen-bond donors (Lipinski definition) is 2. The number of ether oxygens (including phenoxy) is 1. The van der Waals surface area contributed by atoms with Crippen molar-refractivity contribution in [2.24, 2.45) is 4.99 Å². The van der Waals surface area contributed by atoms with E-state index >= 15 is 0 Å². The van der Waals surface area contributed by atoms with E-state index in [2.05, 4.69) is 15.5 Å². The Bertz CT molecular complexity index is 1420. The number of carbonyl (C=O) groups excluding carboxylic acids is 2.